The second kappa shape index (κ2) is 6.18. The Kier molecular flexibility index (Phi) is 4.60. The number of nitrogens with zero attached hydrogens (tertiary/aromatic N) is 3. The van der Waals surface area contributed by atoms with Gasteiger partial charge in [0.1, 0.15) is 13.3 Å². The number of aromatic nitrogens is 2. The largest absolute Gasteiger partial charge is 0.425 e. The lowest BCUT2D eigenvalue weighted by molar-refractivity contribution is -0.110. The molecule has 0 aliphatic rings. The summed E-state index contributed by atoms with van der Waals surface area (Å²) < 4.78 is 6.41. The minimum atomic E-state index is -0.896. The number of amides is 2. The average molecular weight is 257 g/mol. The Morgan fingerprint density at radius 1 is 1.28 bits per heavy atom. The number of hydrogen-bond acceptors (Lipinski definition) is 6. The van der Waals surface area contributed by atoms with E-state index in [1.54, 1.807) is 0 Å². The highest BCUT2D eigenvalue weighted by Crippen LogP contribution is 1.68. The summed E-state index contributed by atoms with van der Waals surface area (Å²) in [5, 5.41) is 4.45. The van der Waals surface area contributed by atoms with Crippen LogP contribution in [0.15, 0.2) is 19.0 Å². The van der Waals surface area contributed by atoms with Crippen molar-refractivity contribution in [1.82, 2.24) is 19.8 Å². The highest BCUT2D eigenvalue weighted by Gasteiger charge is 2.06. The quantitative estimate of drug-likeness (QED) is 0.403. The minimum Gasteiger partial charge on any atom is -0.375 e. The Labute approximate surface area is 99.6 Å². The zero-order chi connectivity index (χ0) is 13.5. The van der Waals surface area contributed by atoms with E-state index >= 15 is 0 Å². The highest BCUT2D eigenvalue weighted by atomic mass is 16.4. The van der Waals surface area contributed by atoms with Crippen molar-refractivity contribution < 1.29 is 14.0 Å². The molecule has 0 saturated carbocycles. The Balaban J connectivity index is 3.33. The fourth-order valence-corrected chi connectivity index (χ4v) is 1.07. The third-order valence-corrected chi connectivity index (χ3v) is 1.92. The molecule has 1 rings (SSSR count). The Hall–Kier alpha value is -2.65. The zero-order valence-corrected chi connectivity index (χ0v) is 9.45. The summed E-state index contributed by atoms with van der Waals surface area (Å²) in [6, 6.07) is 0. The first-order valence-electron chi connectivity index (χ1n) is 4.77. The number of rotatable bonds is 6. The van der Waals surface area contributed by atoms with E-state index in [2.05, 4.69) is 15.6 Å². The number of hydrogen-bond donors (Lipinski definition) is 2. The topological polar surface area (TPSA) is 128 Å². The van der Waals surface area contributed by atoms with Gasteiger partial charge < -0.3 is 15.1 Å². The Morgan fingerprint density at radius 3 is 2.56 bits per heavy atom. The van der Waals surface area contributed by atoms with Gasteiger partial charge in [0.15, 0.2) is 0 Å². The second-order valence-corrected chi connectivity index (χ2v) is 3.04. The van der Waals surface area contributed by atoms with Crippen LogP contribution in [0.2, 0.25) is 0 Å². The van der Waals surface area contributed by atoms with E-state index in [4.69, 9.17) is 4.42 Å². The molecule has 10 heteroatoms. The van der Waals surface area contributed by atoms with Gasteiger partial charge in [0, 0.05) is 7.05 Å². The van der Waals surface area contributed by atoms with Crippen LogP contribution in [0.1, 0.15) is 0 Å². The van der Waals surface area contributed by atoms with Crippen LogP contribution in [0, 0.1) is 0 Å². The van der Waals surface area contributed by atoms with Gasteiger partial charge in [-0.15, -0.1) is 0 Å². The van der Waals surface area contributed by atoms with Crippen LogP contribution in [-0.2, 0) is 23.3 Å². The first-order chi connectivity index (χ1) is 8.61. The van der Waals surface area contributed by atoms with Crippen LogP contribution in [0.3, 0.4) is 0 Å². The lowest BCUT2D eigenvalue weighted by Crippen LogP contribution is -2.48. The van der Waals surface area contributed by atoms with Crippen LogP contribution in [-0.4, -0.2) is 28.6 Å². The number of carbonyl (C=O) groups excluding carboxylic acids is 2. The van der Waals surface area contributed by atoms with Crippen LogP contribution < -0.4 is 27.8 Å². The molecule has 98 valence electrons. The van der Waals surface area contributed by atoms with Gasteiger partial charge in [-0.25, -0.2) is 23.7 Å². The molecule has 0 atom stereocenters. The molecule has 2 amide bonds. The first kappa shape index (κ1) is 13.4. The molecule has 1 aromatic rings. The summed E-state index contributed by atoms with van der Waals surface area (Å²) >= 11 is 0. The van der Waals surface area contributed by atoms with Crippen molar-refractivity contribution in [2.45, 2.75) is 6.67 Å². The Bertz CT molecular complexity index is 610. The van der Waals surface area contributed by atoms with Gasteiger partial charge in [0.25, 0.3) is 0 Å². The van der Waals surface area contributed by atoms with E-state index in [-0.39, 0.29) is 19.0 Å². The summed E-state index contributed by atoms with van der Waals surface area (Å²) in [6.45, 7) is -0.374. The molecule has 2 N–H and O–H groups in total. The van der Waals surface area contributed by atoms with Crippen molar-refractivity contribution in [3.05, 3.63) is 26.7 Å². The van der Waals surface area contributed by atoms with E-state index < -0.39 is 11.4 Å². The first-order valence-corrected chi connectivity index (χ1v) is 4.77. The van der Waals surface area contributed by atoms with Gasteiger partial charge in [-0.1, -0.05) is 0 Å². The predicted octanol–water partition coefficient (Wildman–Crippen LogP) is -3.55. The molecule has 0 unspecified atom stereocenters. The zero-order valence-electron chi connectivity index (χ0n) is 9.45. The standard InChI is InChI=1S/C8H11N5O5/c1-12-7(16)13(3-10-5-15)6(18-8(12)17)11-2-9-4-14/h4-5H,2-3H2,1H3,(H,9,14)(H,10,15). The maximum atomic E-state index is 11.7. The number of carbonyl (C=O) groups is 2. The average Bonchev–Trinajstić information content (AvgIpc) is 2.36. The molecule has 0 fully saturated rings. The van der Waals surface area contributed by atoms with E-state index in [0.29, 0.717) is 12.8 Å². The lowest BCUT2D eigenvalue weighted by atomic mass is 10.8. The van der Waals surface area contributed by atoms with Crippen molar-refractivity contribution >= 4 is 12.8 Å². The normalized spacial score (nSPS) is 11.1. The molecular weight excluding hydrogens is 246 g/mol. The molecule has 1 heterocycles. The molecule has 0 spiro atoms. The van der Waals surface area contributed by atoms with Crippen molar-refractivity contribution in [1.29, 1.82) is 0 Å². The molecule has 0 aromatic carbocycles. The van der Waals surface area contributed by atoms with E-state index in [9.17, 15) is 19.2 Å². The van der Waals surface area contributed by atoms with Gasteiger partial charge in [-0.2, -0.15) is 0 Å². The second-order valence-electron chi connectivity index (χ2n) is 3.04. The molecule has 0 bridgehead atoms. The fraction of sp³-hybridized carbons (Fsp3) is 0.375. The molecule has 1 aromatic heterocycles. The fourth-order valence-electron chi connectivity index (χ4n) is 1.07. The third kappa shape index (κ3) is 2.93. The molecule has 10 nitrogen and oxygen atoms in total. The number of nitrogens with one attached hydrogen (secondary N) is 2. The summed E-state index contributed by atoms with van der Waals surface area (Å²) in [4.78, 5) is 46.9. The van der Waals surface area contributed by atoms with Crippen molar-refractivity contribution in [2.75, 3.05) is 6.67 Å². The van der Waals surface area contributed by atoms with Crippen LogP contribution in [0.5, 0.6) is 0 Å². The van der Waals surface area contributed by atoms with Gasteiger partial charge in [0.2, 0.25) is 12.8 Å². The Morgan fingerprint density at radius 2 is 1.94 bits per heavy atom. The highest BCUT2D eigenvalue weighted by molar-refractivity contribution is 5.45. The monoisotopic (exact) mass is 257 g/mol. The SMILES string of the molecule is Cn1c(=O)oc(=NCNC=O)n(CNC=O)c1=O. The maximum Gasteiger partial charge on any atom is 0.425 e. The summed E-state index contributed by atoms with van der Waals surface area (Å²) in [5.41, 5.74) is -1.00. The van der Waals surface area contributed by atoms with E-state index in [1.165, 1.54) is 7.05 Å². The summed E-state index contributed by atoms with van der Waals surface area (Å²) in [6.07, 6.45) is 0.779. The molecule has 18 heavy (non-hydrogen) atoms. The van der Waals surface area contributed by atoms with Gasteiger partial charge in [0.05, 0.1) is 0 Å². The third-order valence-electron chi connectivity index (χ3n) is 1.92. The summed E-state index contributed by atoms with van der Waals surface area (Å²) in [5.74, 6) is -0.896. The minimum absolute atomic E-state index is 0.166. The molecule has 0 aliphatic heterocycles. The van der Waals surface area contributed by atoms with Crippen LogP contribution in [0.25, 0.3) is 0 Å². The van der Waals surface area contributed by atoms with Gasteiger partial charge >= 0.3 is 17.1 Å². The predicted molar refractivity (Wildman–Crippen MR) is 57.0 cm³/mol. The van der Waals surface area contributed by atoms with Crippen molar-refractivity contribution in [3.8, 4) is 0 Å². The van der Waals surface area contributed by atoms with Crippen molar-refractivity contribution in [3.63, 3.8) is 0 Å². The molecule has 0 aliphatic carbocycles. The lowest BCUT2D eigenvalue weighted by Gasteiger charge is -2.05. The van der Waals surface area contributed by atoms with Crippen LogP contribution in [0.4, 0.5) is 0 Å². The molecule has 0 saturated heterocycles. The van der Waals surface area contributed by atoms with E-state index in [0.717, 1.165) is 9.13 Å². The van der Waals surface area contributed by atoms with Crippen molar-refractivity contribution in [2.24, 2.45) is 12.0 Å². The van der Waals surface area contributed by atoms with Gasteiger partial charge in [-0.05, 0) is 0 Å². The van der Waals surface area contributed by atoms with Crippen LogP contribution >= 0.6 is 0 Å². The summed E-state index contributed by atoms with van der Waals surface area (Å²) in [7, 11) is 1.22. The maximum absolute atomic E-state index is 11.7. The molecular formula is C8H11N5O5. The smallest absolute Gasteiger partial charge is 0.375 e. The molecule has 0 radical (unpaired) electrons. The van der Waals surface area contributed by atoms with E-state index in [1.807, 2.05) is 0 Å². The van der Waals surface area contributed by atoms with Gasteiger partial charge in [-0.3, -0.25) is 9.59 Å².